The molecule has 0 saturated carbocycles. The molecule has 1 aliphatic rings. The summed E-state index contributed by atoms with van der Waals surface area (Å²) in [5.74, 6) is 0.0888. The molecule has 2 aromatic rings. The summed E-state index contributed by atoms with van der Waals surface area (Å²) in [5.41, 5.74) is 0.365. The predicted octanol–water partition coefficient (Wildman–Crippen LogP) is 1.42. The summed E-state index contributed by atoms with van der Waals surface area (Å²) in [6.07, 6.45) is 1.67. The van der Waals surface area contributed by atoms with E-state index in [1.807, 2.05) is 36.9 Å². The number of carbonyl (C=O) groups is 1. The predicted molar refractivity (Wildman–Crippen MR) is 87.2 cm³/mol. The van der Waals surface area contributed by atoms with Crippen molar-refractivity contribution >= 4 is 16.8 Å². The van der Waals surface area contributed by atoms with Crippen LogP contribution in [0, 0.1) is 0 Å². The van der Waals surface area contributed by atoms with Crippen molar-refractivity contribution in [2.45, 2.75) is 32.4 Å². The Morgan fingerprint density at radius 1 is 1.35 bits per heavy atom. The molecule has 6 heteroatoms. The lowest BCUT2D eigenvalue weighted by Crippen LogP contribution is -2.50. The van der Waals surface area contributed by atoms with Gasteiger partial charge in [0.25, 0.3) is 0 Å². The Balaban J connectivity index is 1.73. The van der Waals surface area contributed by atoms with Gasteiger partial charge in [0, 0.05) is 24.9 Å². The Morgan fingerprint density at radius 2 is 2.13 bits per heavy atom. The Morgan fingerprint density at radius 3 is 2.91 bits per heavy atom. The molecule has 1 fully saturated rings. The fourth-order valence-electron chi connectivity index (χ4n) is 2.93. The number of nitrogens with zero attached hydrogens (tertiary/aromatic N) is 3. The van der Waals surface area contributed by atoms with Crippen LogP contribution in [0.1, 0.15) is 20.3 Å². The van der Waals surface area contributed by atoms with Crippen LogP contribution in [0.4, 0.5) is 0 Å². The Kier molecular flexibility index (Phi) is 4.17. The SMILES string of the molecule is CC1(C)CN(C(=O)CCn2ncc(=O)c3ccccc32)CCO1. The average molecular weight is 315 g/mol. The van der Waals surface area contributed by atoms with Crippen LogP contribution in [0.15, 0.2) is 35.3 Å². The topological polar surface area (TPSA) is 64.4 Å². The van der Waals surface area contributed by atoms with Crippen LogP contribution in [0.25, 0.3) is 10.9 Å². The fraction of sp³-hybridized carbons (Fsp3) is 0.471. The van der Waals surface area contributed by atoms with Gasteiger partial charge in [-0.25, -0.2) is 0 Å². The van der Waals surface area contributed by atoms with Crippen molar-refractivity contribution in [2.75, 3.05) is 19.7 Å². The number of amides is 1. The quantitative estimate of drug-likeness (QED) is 0.859. The smallest absolute Gasteiger partial charge is 0.224 e. The van der Waals surface area contributed by atoms with Crippen molar-refractivity contribution in [2.24, 2.45) is 0 Å². The Labute approximate surface area is 134 Å². The van der Waals surface area contributed by atoms with Crippen LogP contribution in [0.2, 0.25) is 0 Å². The zero-order valence-corrected chi connectivity index (χ0v) is 13.5. The molecule has 0 aliphatic carbocycles. The van der Waals surface area contributed by atoms with Gasteiger partial charge in [-0.05, 0) is 26.0 Å². The molecule has 2 heterocycles. The highest BCUT2D eigenvalue weighted by Crippen LogP contribution is 2.17. The zero-order chi connectivity index (χ0) is 16.4. The standard InChI is InChI=1S/C17H21N3O3/c1-17(2)12-19(9-10-23-17)16(22)7-8-20-14-6-4-3-5-13(14)15(21)11-18-20/h3-6,11H,7-10,12H2,1-2H3. The first-order valence-electron chi connectivity index (χ1n) is 7.83. The third-order valence-corrected chi connectivity index (χ3v) is 4.08. The van der Waals surface area contributed by atoms with E-state index in [0.717, 1.165) is 5.52 Å². The van der Waals surface area contributed by atoms with Gasteiger partial charge in [-0.2, -0.15) is 5.10 Å². The molecule has 0 spiro atoms. The van der Waals surface area contributed by atoms with Crippen molar-refractivity contribution < 1.29 is 9.53 Å². The molecule has 1 aromatic carbocycles. The minimum absolute atomic E-state index is 0.0888. The van der Waals surface area contributed by atoms with Crippen LogP contribution in [-0.2, 0) is 16.1 Å². The number of morpholine rings is 1. The summed E-state index contributed by atoms with van der Waals surface area (Å²) in [7, 11) is 0. The number of benzene rings is 1. The van der Waals surface area contributed by atoms with E-state index >= 15 is 0 Å². The summed E-state index contributed by atoms with van der Waals surface area (Å²) in [6, 6.07) is 7.33. The molecule has 0 N–H and O–H groups in total. The van der Waals surface area contributed by atoms with Gasteiger partial charge in [-0.1, -0.05) is 12.1 Å². The zero-order valence-electron chi connectivity index (χ0n) is 13.5. The van der Waals surface area contributed by atoms with E-state index in [4.69, 9.17) is 4.74 Å². The van der Waals surface area contributed by atoms with Gasteiger partial charge in [0.05, 0.1) is 30.5 Å². The highest BCUT2D eigenvalue weighted by atomic mass is 16.5. The van der Waals surface area contributed by atoms with Crippen molar-refractivity contribution in [1.29, 1.82) is 0 Å². The molecule has 1 aromatic heterocycles. The number of fused-ring (bicyclic) bond motifs is 1. The van der Waals surface area contributed by atoms with Gasteiger partial charge in [0.1, 0.15) is 0 Å². The van der Waals surface area contributed by atoms with Crippen molar-refractivity contribution in [3.8, 4) is 0 Å². The number of hydrogen-bond donors (Lipinski definition) is 0. The van der Waals surface area contributed by atoms with E-state index in [1.54, 1.807) is 10.7 Å². The third kappa shape index (κ3) is 3.42. The maximum atomic E-state index is 12.4. The molecular weight excluding hydrogens is 294 g/mol. The fourth-order valence-corrected chi connectivity index (χ4v) is 2.93. The molecule has 0 unspecified atom stereocenters. The largest absolute Gasteiger partial charge is 0.372 e. The van der Waals surface area contributed by atoms with Crippen LogP contribution < -0.4 is 5.43 Å². The van der Waals surface area contributed by atoms with E-state index in [1.165, 1.54) is 6.20 Å². The molecule has 0 bridgehead atoms. The lowest BCUT2D eigenvalue weighted by molar-refractivity contribution is -0.146. The number of aryl methyl sites for hydroxylation is 1. The molecule has 3 rings (SSSR count). The first-order chi connectivity index (χ1) is 11.0. The van der Waals surface area contributed by atoms with Gasteiger partial charge in [-0.3, -0.25) is 14.3 Å². The van der Waals surface area contributed by atoms with Crippen molar-refractivity contribution in [1.82, 2.24) is 14.7 Å². The van der Waals surface area contributed by atoms with Crippen LogP contribution in [0.3, 0.4) is 0 Å². The van der Waals surface area contributed by atoms with E-state index in [2.05, 4.69) is 5.10 Å². The summed E-state index contributed by atoms with van der Waals surface area (Å²) in [6.45, 7) is 6.23. The molecular formula is C17H21N3O3. The first-order valence-corrected chi connectivity index (χ1v) is 7.83. The van der Waals surface area contributed by atoms with Gasteiger partial charge >= 0.3 is 0 Å². The van der Waals surface area contributed by atoms with Crippen molar-refractivity contribution in [3.05, 3.63) is 40.7 Å². The molecule has 0 atom stereocenters. The summed E-state index contributed by atoms with van der Waals surface area (Å²) in [5, 5.41) is 4.79. The maximum absolute atomic E-state index is 12.4. The van der Waals surface area contributed by atoms with E-state index in [-0.39, 0.29) is 16.9 Å². The summed E-state index contributed by atoms with van der Waals surface area (Å²) in [4.78, 5) is 26.1. The second-order valence-corrected chi connectivity index (χ2v) is 6.42. The minimum atomic E-state index is -0.295. The lowest BCUT2D eigenvalue weighted by Gasteiger charge is -2.38. The third-order valence-electron chi connectivity index (χ3n) is 4.08. The molecule has 1 aliphatic heterocycles. The van der Waals surface area contributed by atoms with Gasteiger partial charge in [-0.15, -0.1) is 0 Å². The second-order valence-electron chi connectivity index (χ2n) is 6.42. The number of rotatable bonds is 3. The van der Waals surface area contributed by atoms with E-state index in [9.17, 15) is 9.59 Å². The monoisotopic (exact) mass is 315 g/mol. The molecule has 122 valence electrons. The Hall–Kier alpha value is -2.21. The lowest BCUT2D eigenvalue weighted by atomic mass is 10.1. The average Bonchev–Trinajstić information content (AvgIpc) is 2.53. The van der Waals surface area contributed by atoms with Crippen LogP contribution in [-0.4, -0.2) is 45.9 Å². The summed E-state index contributed by atoms with van der Waals surface area (Å²) >= 11 is 0. The highest BCUT2D eigenvalue weighted by Gasteiger charge is 2.29. The maximum Gasteiger partial charge on any atom is 0.224 e. The van der Waals surface area contributed by atoms with Crippen LogP contribution >= 0.6 is 0 Å². The minimum Gasteiger partial charge on any atom is -0.372 e. The molecule has 0 radical (unpaired) electrons. The summed E-state index contributed by atoms with van der Waals surface area (Å²) < 4.78 is 7.36. The molecule has 23 heavy (non-hydrogen) atoms. The van der Waals surface area contributed by atoms with Crippen molar-refractivity contribution in [3.63, 3.8) is 0 Å². The normalized spacial score (nSPS) is 17.4. The van der Waals surface area contributed by atoms with Gasteiger partial charge in [0.15, 0.2) is 0 Å². The first kappa shape index (κ1) is 15.7. The molecule has 6 nitrogen and oxygen atoms in total. The van der Waals surface area contributed by atoms with Crippen LogP contribution in [0.5, 0.6) is 0 Å². The number of hydrogen-bond acceptors (Lipinski definition) is 4. The number of para-hydroxylation sites is 1. The number of carbonyl (C=O) groups excluding carboxylic acids is 1. The number of ether oxygens (including phenoxy) is 1. The molecule has 1 amide bonds. The van der Waals surface area contributed by atoms with Gasteiger partial charge in [0.2, 0.25) is 11.3 Å². The van der Waals surface area contributed by atoms with Gasteiger partial charge < -0.3 is 9.64 Å². The van der Waals surface area contributed by atoms with E-state index in [0.29, 0.717) is 38.0 Å². The highest BCUT2D eigenvalue weighted by molar-refractivity contribution is 5.79. The number of aromatic nitrogens is 2. The van der Waals surface area contributed by atoms with E-state index < -0.39 is 0 Å². The second kappa shape index (κ2) is 6.12. The Bertz CT molecular complexity index is 782. The molecule has 1 saturated heterocycles.